The molecule has 174 valence electrons. The second-order valence-corrected chi connectivity index (χ2v) is 8.70. The molecular weight excluding hydrogens is 505 g/mol. The molecule has 1 saturated carbocycles. The van der Waals surface area contributed by atoms with E-state index in [4.69, 9.17) is 10.7 Å². The van der Waals surface area contributed by atoms with Crippen LogP contribution < -0.4 is 21.7 Å². The van der Waals surface area contributed by atoms with E-state index in [0.29, 0.717) is 23.4 Å². The van der Waals surface area contributed by atoms with Gasteiger partial charge in [-0.25, -0.2) is 4.99 Å². The first-order valence-corrected chi connectivity index (χ1v) is 11.0. The summed E-state index contributed by atoms with van der Waals surface area (Å²) in [5, 5.41) is 9.39. The van der Waals surface area contributed by atoms with E-state index in [2.05, 4.69) is 36.7 Å². The van der Waals surface area contributed by atoms with Crippen molar-refractivity contribution in [2.45, 2.75) is 59.4 Å². The van der Waals surface area contributed by atoms with Crippen molar-refractivity contribution in [1.82, 2.24) is 16.0 Å². The first kappa shape index (κ1) is 27.2. The second kappa shape index (κ2) is 13.5. The Labute approximate surface area is 203 Å². The molecule has 0 atom stereocenters. The molecule has 1 aliphatic rings. The van der Waals surface area contributed by atoms with E-state index in [1.807, 2.05) is 12.1 Å². The van der Waals surface area contributed by atoms with Gasteiger partial charge >= 0.3 is 0 Å². The van der Waals surface area contributed by atoms with Gasteiger partial charge in [0, 0.05) is 18.7 Å². The molecule has 0 aromatic heterocycles. The van der Waals surface area contributed by atoms with E-state index in [0.717, 1.165) is 24.6 Å². The molecule has 5 N–H and O–H groups in total. The minimum atomic E-state index is -0.564. The zero-order valence-electron chi connectivity index (χ0n) is 19.0. The van der Waals surface area contributed by atoms with Crippen molar-refractivity contribution in [3.63, 3.8) is 0 Å². The summed E-state index contributed by atoms with van der Waals surface area (Å²) in [5.41, 5.74) is 6.93. The first-order valence-electron chi connectivity index (χ1n) is 11.0. The van der Waals surface area contributed by atoms with Crippen molar-refractivity contribution < 1.29 is 9.59 Å². The number of benzene rings is 1. The number of guanidine groups is 1. The van der Waals surface area contributed by atoms with E-state index < -0.39 is 5.91 Å². The van der Waals surface area contributed by atoms with Crippen LogP contribution >= 0.6 is 24.0 Å². The lowest BCUT2D eigenvalue weighted by molar-refractivity contribution is -0.117. The van der Waals surface area contributed by atoms with Crippen LogP contribution in [-0.4, -0.2) is 37.4 Å². The summed E-state index contributed by atoms with van der Waals surface area (Å²) in [6.45, 7) is 8.79. The Bertz CT molecular complexity index is 728. The largest absolute Gasteiger partial charge is 0.368 e. The molecule has 1 fully saturated rings. The van der Waals surface area contributed by atoms with Gasteiger partial charge < -0.3 is 21.7 Å². The third-order valence-corrected chi connectivity index (χ3v) is 5.54. The number of carbonyl (C=O) groups is 2. The van der Waals surface area contributed by atoms with Crippen molar-refractivity contribution in [2.75, 3.05) is 19.6 Å². The number of amides is 2. The number of nitrogens with one attached hydrogen (secondary N) is 3. The van der Waals surface area contributed by atoms with Gasteiger partial charge in [-0.2, -0.15) is 0 Å². The molecule has 7 nitrogen and oxygen atoms in total. The predicted molar refractivity (Wildman–Crippen MR) is 137 cm³/mol. The lowest BCUT2D eigenvalue weighted by Crippen LogP contribution is -2.43. The maximum absolute atomic E-state index is 12.0. The minimum absolute atomic E-state index is 0. The number of carbonyl (C=O) groups excluding carboxylic acids is 2. The topological polar surface area (TPSA) is 109 Å². The van der Waals surface area contributed by atoms with E-state index in [1.165, 1.54) is 32.1 Å². The number of rotatable bonds is 10. The third kappa shape index (κ3) is 9.45. The van der Waals surface area contributed by atoms with Crippen LogP contribution in [0.15, 0.2) is 29.3 Å². The average molecular weight is 543 g/mol. The second-order valence-electron chi connectivity index (χ2n) is 8.70. The average Bonchev–Trinajstić information content (AvgIpc) is 3.16. The van der Waals surface area contributed by atoms with Gasteiger partial charge in [0.05, 0.1) is 13.1 Å². The highest BCUT2D eigenvalue weighted by Crippen LogP contribution is 2.42. The molecule has 0 aliphatic heterocycles. The third-order valence-electron chi connectivity index (χ3n) is 5.54. The highest BCUT2D eigenvalue weighted by Gasteiger charge is 2.34. The van der Waals surface area contributed by atoms with E-state index in [9.17, 15) is 9.59 Å². The number of hydrogen-bond acceptors (Lipinski definition) is 3. The van der Waals surface area contributed by atoms with Crippen LogP contribution in [0.1, 0.15) is 68.8 Å². The van der Waals surface area contributed by atoms with Gasteiger partial charge in [-0.05, 0) is 55.2 Å². The molecular formula is C23H38IN5O2. The standard InChI is InChI=1S/C23H37N5O2.HI/c1-4-25-22(28-16-23(13-17(2)3)11-5-6-12-23)27-14-18-7-9-19(10-8-18)21(30)26-15-20(24)29;/h7-10,17H,4-6,11-16H2,1-3H3,(H2,24,29)(H,26,30)(H2,25,27,28);1H. The van der Waals surface area contributed by atoms with Crippen molar-refractivity contribution in [3.05, 3.63) is 35.4 Å². The summed E-state index contributed by atoms with van der Waals surface area (Å²) in [4.78, 5) is 27.5. The summed E-state index contributed by atoms with van der Waals surface area (Å²) in [6, 6.07) is 7.22. The number of nitrogens with two attached hydrogens (primary N) is 1. The van der Waals surface area contributed by atoms with Crippen LogP contribution in [-0.2, 0) is 11.3 Å². The lowest BCUT2D eigenvalue weighted by Gasteiger charge is -2.32. The SMILES string of the molecule is CCNC(=NCc1ccc(C(=O)NCC(N)=O)cc1)NCC1(CC(C)C)CCCC1.I. The van der Waals surface area contributed by atoms with Crippen LogP contribution in [0, 0.1) is 11.3 Å². The van der Waals surface area contributed by atoms with Gasteiger partial charge in [0.25, 0.3) is 5.91 Å². The molecule has 8 heteroatoms. The number of nitrogens with zero attached hydrogens (tertiary/aromatic N) is 1. The van der Waals surface area contributed by atoms with Crippen LogP contribution in [0.3, 0.4) is 0 Å². The molecule has 0 heterocycles. The van der Waals surface area contributed by atoms with Crippen molar-refractivity contribution in [2.24, 2.45) is 22.1 Å². The Morgan fingerprint density at radius 3 is 2.29 bits per heavy atom. The van der Waals surface area contributed by atoms with Gasteiger partial charge in [-0.3, -0.25) is 9.59 Å². The molecule has 1 aromatic rings. The number of aliphatic imine (C=N–C) groups is 1. The van der Waals surface area contributed by atoms with Crippen LogP contribution in [0.25, 0.3) is 0 Å². The number of hydrogen-bond donors (Lipinski definition) is 4. The predicted octanol–water partition coefficient (Wildman–Crippen LogP) is 3.18. The Morgan fingerprint density at radius 2 is 1.74 bits per heavy atom. The quantitative estimate of drug-likeness (QED) is 0.207. The first-order chi connectivity index (χ1) is 14.3. The van der Waals surface area contributed by atoms with Gasteiger partial charge in [0.2, 0.25) is 5.91 Å². The molecule has 0 unspecified atom stereocenters. The summed E-state index contributed by atoms with van der Waals surface area (Å²) >= 11 is 0. The highest BCUT2D eigenvalue weighted by atomic mass is 127. The Kier molecular flexibility index (Phi) is 11.9. The molecule has 0 radical (unpaired) electrons. The van der Waals surface area contributed by atoms with E-state index >= 15 is 0 Å². The Hall–Kier alpha value is -1.84. The monoisotopic (exact) mass is 543 g/mol. The molecule has 0 saturated heterocycles. The van der Waals surface area contributed by atoms with Crippen LogP contribution in [0.2, 0.25) is 0 Å². The molecule has 1 aliphatic carbocycles. The smallest absolute Gasteiger partial charge is 0.251 e. The number of halogens is 1. The summed E-state index contributed by atoms with van der Waals surface area (Å²) < 4.78 is 0. The molecule has 1 aromatic carbocycles. The molecule has 31 heavy (non-hydrogen) atoms. The molecule has 0 bridgehead atoms. The van der Waals surface area contributed by atoms with Gasteiger partial charge in [0.15, 0.2) is 5.96 Å². The minimum Gasteiger partial charge on any atom is -0.368 e. The summed E-state index contributed by atoms with van der Waals surface area (Å²) in [7, 11) is 0. The number of primary amides is 1. The van der Waals surface area contributed by atoms with E-state index in [1.54, 1.807) is 12.1 Å². The van der Waals surface area contributed by atoms with E-state index in [-0.39, 0.29) is 36.4 Å². The fraction of sp³-hybridized carbons (Fsp3) is 0.609. The van der Waals surface area contributed by atoms with Gasteiger partial charge in [-0.15, -0.1) is 24.0 Å². The Morgan fingerprint density at radius 1 is 1.10 bits per heavy atom. The Balaban J connectivity index is 0.00000480. The lowest BCUT2D eigenvalue weighted by atomic mass is 9.78. The van der Waals surface area contributed by atoms with Gasteiger partial charge in [0.1, 0.15) is 0 Å². The zero-order chi connectivity index (χ0) is 22.0. The van der Waals surface area contributed by atoms with Crippen molar-refractivity contribution in [1.29, 1.82) is 0 Å². The maximum atomic E-state index is 12.0. The van der Waals surface area contributed by atoms with Crippen LogP contribution in [0.5, 0.6) is 0 Å². The molecule has 0 spiro atoms. The van der Waals surface area contributed by atoms with Gasteiger partial charge in [-0.1, -0.05) is 38.8 Å². The fourth-order valence-corrected chi connectivity index (χ4v) is 4.26. The normalized spacial score (nSPS) is 15.3. The van der Waals surface area contributed by atoms with Crippen LogP contribution in [0.4, 0.5) is 0 Å². The fourth-order valence-electron chi connectivity index (χ4n) is 4.26. The summed E-state index contributed by atoms with van der Waals surface area (Å²) in [5.74, 6) is 0.648. The van der Waals surface area contributed by atoms with Crippen molar-refractivity contribution in [3.8, 4) is 0 Å². The maximum Gasteiger partial charge on any atom is 0.251 e. The summed E-state index contributed by atoms with van der Waals surface area (Å²) in [6.07, 6.45) is 6.47. The molecule has 2 rings (SSSR count). The van der Waals surface area contributed by atoms with Crippen molar-refractivity contribution >= 4 is 41.8 Å². The highest BCUT2D eigenvalue weighted by molar-refractivity contribution is 14.0. The zero-order valence-corrected chi connectivity index (χ0v) is 21.3. The molecule has 2 amide bonds.